The molecule has 3 heteroatoms. The van der Waals surface area contributed by atoms with Crippen molar-refractivity contribution in [3.8, 4) is 0 Å². The SMILES string of the molecule is C=P(C)(C)N=C(C)N(C)C. The summed E-state index contributed by atoms with van der Waals surface area (Å²) in [6, 6.07) is 0. The third kappa shape index (κ3) is 4.63. The summed E-state index contributed by atoms with van der Waals surface area (Å²) in [7, 11) is 2.76. The average Bonchev–Trinajstić information content (AvgIpc) is 1.60. The summed E-state index contributed by atoms with van der Waals surface area (Å²) in [4.78, 5) is 2.01. The Kier molecular flexibility index (Phi) is 3.17. The van der Waals surface area contributed by atoms with Crippen LogP contribution in [0.1, 0.15) is 6.92 Å². The first kappa shape index (κ1) is 9.77. The molecule has 0 saturated heterocycles. The fraction of sp³-hybridized carbons (Fsp3) is 0.714. The molecule has 0 aromatic carbocycles. The standard InChI is InChI=1S/C7H17N2P/c1-7(9(2)3)8-10(4,5)6/h4H2,1-3,5-6H3. The highest BCUT2D eigenvalue weighted by atomic mass is 31.2. The van der Waals surface area contributed by atoms with E-state index in [4.69, 9.17) is 0 Å². The van der Waals surface area contributed by atoms with Gasteiger partial charge in [0, 0.05) is 14.1 Å². The normalized spacial score (nSPS) is 13.5. The maximum absolute atomic E-state index is 4.45. The minimum Gasteiger partial charge on any atom is -0.366 e. The first-order valence-electron chi connectivity index (χ1n) is 3.25. The first-order valence-corrected chi connectivity index (χ1v) is 6.07. The minimum atomic E-state index is -1.23. The summed E-state index contributed by atoms with van der Waals surface area (Å²) in [6.45, 7) is 6.20. The summed E-state index contributed by atoms with van der Waals surface area (Å²) in [6.07, 6.45) is 3.99. The smallest absolute Gasteiger partial charge is 0.0992 e. The Morgan fingerprint density at radius 2 is 1.80 bits per heavy atom. The number of rotatable bonds is 1. The second-order valence-corrected chi connectivity index (χ2v) is 6.60. The highest BCUT2D eigenvalue weighted by molar-refractivity contribution is 7.71. The van der Waals surface area contributed by atoms with Crippen LogP contribution in [0.5, 0.6) is 0 Å². The van der Waals surface area contributed by atoms with Gasteiger partial charge in [-0.1, -0.05) is 6.30 Å². The Morgan fingerprint density at radius 3 is 1.90 bits per heavy atom. The molecule has 0 aliphatic heterocycles. The molecule has 60 valence electrons. The van der Waals surface area contributed by atoms with E-state index in [9.17, 15) is 0 Å². The van der Waals surface area contributed by atoms with Crippen LogP contribution in [0.15, 0.2) is 4.76 Å². The molecule has 0 rings (SSSR count). The quantitative estimate of drug-likeness (QED) is 0.323. The summed E-state index contributed by atoms with van der Waals surface area (Å²) < 4.78 is 4.45. The maximum atomic E-state index is 4.45. The third-order valence-electron chi connectivity index (χ3n) is 1.06. The van der Waals surface area contributed by atoms with Crippen molar-refractivity contribution < 1.29 is 0 Å². The number of hydrogen-bond donors (Lipinski definition) is 0. The first-order chi connectivity index (χ1) is 4.33. The minimum absolute atomic E-state index is 1.06. The van der Waals surface area contributed by atoms with E-state index in [2.05, 4.69) is 24.4 Å². The molecule has 10 heavy (non-hydrogen) atoms. The molecular formula is C7H17N2P. The van der Waals surface area contributed by atoms with E-state index >= 15 is 0 Å². The lowest BCUT2D eigenvalue weighted by molar-refractivity contribution is 0.620. The van der Waals surface area contributed by atoms with Crippen LogP contribution in [0.4, 0.5) is 0 Å². The van der Waals surface area contributed by atoms with Crippen LogP contribution >= 0.6 is 7.04 Å². The van der Waals surface area contributed by atoms with E-state index in [-0.39, 0.29) is 0 Å². The van der Waals surface area contributed by atoms with Gasteiger partial charge in [-0.3, -0.25) is 4.76 Å². The van der Waals surface area contributed by atoms with Crippen LogP contribution in [0.2, 0.25) is 0 Å². The molecule has 0 heterocycles. The van der Waals surface area contributed by atoms with Gasteiger partial charge in [0.15, 0.2) is 0 Å². The molecule has 0 fully saturated rings. The topological polar surface area (TPSA) is 15.6 Å². The van der Waals surface area contributed by atoms with Crippen molar-refractivity contribution in [2.75, 3.05) is 27.4 Å². The molecule has 0 aromatic rings. The largest absolute Gasteiger partial charge is 0.366 e. The molecule has 0 spiro atoms. The number of nitrogens with zero attached hydrogens (tertiary/aromatic N) is 2. The van der Waals surface area contributed by atoms with E-state index in [1.807, 2.05) is 25.9 Å². The monoisotopic (exact) mass is 160 g/mol. The Bertz CT molecular complexity index is 176. The Morgan fingerprint density at radius 1 is 1.40 bits per heavy atom. The average molecular weight is 160 g/mol. The van der Waals surface area contributed by atoms with Gasteiger partial charge < -0.3 is 4.90 Å². The summed E-state index contributed by atoms with van der Waals surface area (Å²) >= 11 is 0. The molecule has 0 aliphatic rings. The van der Waals surface area contributed by atoms with Gasteiger partial charge in [-0.15, -0.1) is 0 Å². The van der Waals surface area contributed by atoms with Crippen molar-refractivity contribution in [2.45, 2.75) is 6.92 Å². The van der Waals surface area contributed by atoms with Crippen molar-refractivity contribution >= 4 is 19.2 Å². The van der Waals surface area contributed by atoms with E-state index in [1.165, 1.54) is 0 Å². The van der Waals surface area contributed by atoms with Crippen molar-refractivity contribution in [3.05, 3.63) is 0 Å². The lowest BCUT2D eigenvalue weighted by Gasteiger charge is -2.14. The highest BCUT2D eigenvalue weighted by Crippen LogP contribution is 2.36. The molecule has 0 aliphatic carbocycles. The number of hydrogen-bond acceptors (Lipinski definition) is 1. The molecular weight excluding hydrogens is 143 g/mol. The second kappa shape index (κ2) is 3.25. The van der Waals surface area contributed by atoms with Gasteiger partial charge in [-0.25, -0.2) is 0 Å². The van der Waals surface area contributed by atoms with E-state index in [0.29, 0.717) is 0 Å². The predicted octanol–water partition coefficient (Wildman–Crippen LogP) is 1.59. The Balaban J connectivity index is 4.33. The molecule has 0 aromatic heterocycles. The molecule has 0 atom stereocenters. The van der Waals surface area contributed by atoms with Crippen molar-refractivity contribution in [1.82, 2.24) is 4.90 Å². The molecule has 2 nitrogen and oxygen atoms in total. The Labute approximate surface area is 64.0 Å². The van der Waals surface area contributed by atoms with E-state index < -0.39 is 7.04 Å². The molecule has 0 N–H and O–H groups in total. The van der Waals surface area contributed by atoms with Crippen LogP contribution in [0.3, 0.4) is 0 Å². The van der Waals surface area contributed by atoms with Gasteiger partial charge in [0.05, 0.1) is 5.84 Å². The summed E-state index contributed by atoms with van der Waals surface area (Å²) in [5.74, 6) is 1.06. The fourth-order valence-corrected chi connectivity index (χ4v) is 1.44. The van der Waals surface area contributed by atoms with Gasteiger partial charge >= 0.3 is 0 Å². The van der Waals surface area contributed by atoms with Crippen molar-refractivity contribution in [1.29, 1.82) is 0 Å². The molecule has 0 amide bonds. The molecule has 0 radical (unpaired) electrons. The van der Waals surface area contributed by atoms with Gasteiger partial charge in [-0.2, -0.15) is 0 Å². The zero-order chi connectivity index (χ0) is 8.36. The lowest BCUT2D eigenvalue weighted by atomic mass is 10.6. The molecule has 0 saturated carbocycles. The predicted molar refractivity (Wildman–Crippen MR) is 52.7 cm³/mol. The fourth-order valence-electron chi connectivity index (χ4n) is 0.481. The van der Waals surface area contributed by atoms with E-state index in [1.54, 1.807) is 0 Å². The van der Waals surface area contributed by atoms with Crippen molar-refractivity contribution in [3.63, 3.8) is 0 Å². The maximum Gasteiger partial charge on any atom is 0.0992 e. The van der Waals surface area contributed by atoms with Crippen LogP contribution in [-0.4, -0.2) is 44.5 Å². The number of amidine groups is 1. The summed E-state index contributed by atoms with van der Waals surface area (Å²) in [5, 5.41) is 0. The van der Waals surface area contributed by atoms with Gasteiger partial charge in [-0.05, 0) is 27.3 Å². The van der Waals surface area contributed by atoms with Crippen LogP contribution in [0, 0.1) is 0 Å². The van der Waals surface area contributed by atoms with Gasteiger partial charge in [0.1, 0.15) is 0 Å². The van der Waals surface area contributed by atoms with Crippen LogP contribution in [0.25, 0.3) is 0 Å². The molecule has 0 unspecified atom stereocenters. The lowest BCUT2D eigenvalue weighted by Crippen LogP contribution is -2.17. The zero-order valence-corrected chi connectivity index (χ0v) is 8.44. The summed E-state index contributed by atoms with van der Waals surface area (Å²) in [5.41, 5.74) is 0. The van der Waals surface area contributed by atoms with E-state index in [0.717, 1.165) is 5.84 Å². The van der Waals surface area contributed by atoms with Gasteiger partial charge in [0.2, 0.25) is 0 Å². The van der Waals surface area contributed by atoms with Crippen molar-refractivity contribution in [2.24, 2.45) is 4.76 Å². The zero-order valence-electron chi connectivity index (χ0n) is 7.55. The third-order valence-corrected chi connectivity index (χ3v) is 1.89. The van der Waals surface area contributed by atoms with Gasteiger partial charge in [0.25, 0.3) is 0 Å². The molecule has 0 bridgehead atoms. The Hall–Kier alpha value is -0.230. The van der Waals surface area contributed by atoms with Crippen LogP contribution < -0.4 is 0 Å². The van der Waals surface area contributed by atoms with Crippen LogP contribution in [-0.2, 0) is 0 Å². The highest BCUT2D eigenvalue weighted by Gasteiger charge is 1.97. The second-order valence-electron chi connectivity index (χ2n) is 3.16.